The van der Waals surface area contributed by atoms with Gasteiger partial charge in [-0.25, -0.2) is 0 Å². The summed E-state index contributed by atoms with van der Waals surface area (Å²) < 4.78 is 73.0. The molecule has 1 nitrogen and oxygen atoms in total. The third-order valence-corrected chi connectivity index (χ3v) is 2.24. The Bertz CT molecular complexity index is 411. The monoisotopic (exact) mass is 278 g/mol. The molecule has 0 unspecified atom stereocenters. The molecule has 1 aromatic rings. The third kappa shape index (κ3) is 3.26. The molecular weight excluding hydrogens is 274 g/mol. The predicted molar refractivity (Wildman–Crippen MR) is 47.5 cm³/mol. The van der Waals surface area contributed by atoms with Gasteiger partial charge in [-0.15, -0.1) is 0 Å². The second-order valence-corrected chi connectivity index (χ2v) is 3.59. The quantitative estimate of drug-likeness (QED) is 0.771. The zero-order chi connectivity index (χ0) is 13.4. The van der Waals surface area contributed by atoms with Gasteiger partial charge in [-0.05, 0) is 17.7 Å². The highest BCUT2D eigenvalue weighted by Crippen LogP contribution is 2.38. The van der Waals surface area contributed by atoms with Gasteiger partial charge in [-0.2, -0.15) is 26.3 Å². The molecule has 0 aliphatic carbocycles. The molecule has 0 fully saturated rings. The molecule has 0 saturated heterocycles. The van der Waals surface area contributed by atoms with E-state index in [9.17, 15) is 26.3 Å². The van der Waals surface area contributed by atoms with Crippen LogP contribution in [-0.2, 0) is 6.18 Å². The van der Waals surface area contributed by atoms with Gasteiger partial charge in [0, 0.05) is 0 Å². The number of aliphatic hydroxyl groups excluding tert-OH is 1. The molecule has 0 aliphatic heterocycles. The van der Waals surface area contributed by atoms with Crippen molar-refractivity contribution in [3.05, 3.63) is 34.3 Å². The van der Waals surface area contributed by atoms with Crippen LogP contribution in [0.1, 0.15) is 17.2 Å². The summed E-state index contributed by atoms with van der Waals surface area (Å²) in [5.74, 6) is 0. The number of benzene rings is 1. The van der Waals surface area contributed by atoms with E-state index in [1.54, 1.807) is 0 Å². The molecule has 0 radical (unpaired) electrons. The maximum absolute atomic E-state index is 12.2. The minimum Gasteiger partial charge on any atom is -0.379 e. The number of alkyl halides is 6. The Balaban J connectivity index is 3.14. The lowest BCUT2D eigenvalue weighted by atomic mass is 10.1. The fraction of sp³-hybridized carbons (Fsp3) is 0.333. The SMILES string of the molecule is O[C@@H](c1ccc(C(F)(F)F)c(Cl)c1)C(F)(F)F. The first-order chi connectivity index (χ1) is 7.53. The van der Waals surface area contributed by atoms with Crippen LogP contribution in [0.25, 0.3) is 0 Å². The van der Waals surface area contributed by atoms with Crippen molar-refractivity contribution in [1.29, 1.82) is 0 Å². The third-order valence-electron chi connectivity index (χ3n) is 1.92. The second-order valence-electron chi connectivity index (χ2n) is 3.18. The zero-order valence-electron chi connectivity index (χ0n) is 7.90. The van der Waals surface area contributed by atoms with E-state index in [4.69, 9.17) is 16.7 Å². The molecule has 17 heavy (non-hydrogen) atoms. The first-order valence-electron chi connectivity index (χ1n) is 4.15. The van der Waals surface area contributed by atoms with Gasteiger partial charge in [0.15, 0.2) is 6.10 Å². The summed E-state index contributed by atoms with van der Waals surface area (Å²) in [6, 6.07) is 1.38. The van der Waals surface area contributed by atoms with Crippen molar-refractivity contribution in [3.8, 4) is 0 Å². The van der Waals surface area contributed by atoms with Crippen molar-refractivity contribution in [2.24, 2.45) is 0 Å². The largest absolute Gasteiger partial charge is 0.418 e. The molecule has 0 spiro atoms. The van der Waals surface area contributed by atoms with Gasteiger partial charge in [0.05, 0.1) is 10.6 Å². The van der Waals surface area contributed by atoms with E-state index in [-0.39, 0.29) is 0 Å². The lowest BCUT2D eigenvalue weighted by molar-refractivity contribution is -0.206. The topological polar surface area (TPSA) is 20.2 Å². The molecule has 0 amide bonds. The van der Waals surface area contributed by atoms with Crippen LogP contribution < -0.4 is 0 Å². The van der Waals surface area contributed by atoms with Crippen LogP contribution in [-0.4, -0.2) is 11.3 Å². The minimum absolute atomic E-state index is 0.395. The van der Waals surface area contributed by atoms with Crippen LogP contribution in [0.5, 0.6) is 0 Å². The number of aliphatic hydroxyl groups is 1. The summed E-state index contributed by atoms with van der Waals surface area (Å²) in [6.07, 6.45) is -12.6. The van der Waals surface area contributed by atoms with E-state index in [0.717, 1.165) is 0 Å². The molecule has 96 valence electrons. The standard InChI is InChI=1S/C9H5ClF6O/c10-6-3-4(7(17)9(14,15)16)1-2-5(6)8(11,12)13/h1-3,7,17H/t7-/m0/s1. The summed E-state index contributed by atoms with van der Waals surface area (Å²) in [5.41, 5.74) is -1.99. The number of hydrogen-bond acceptors (Lipinski definition) is 1. The molecule has 1 N–H and O–H groups in total. The molecule has 0 aliphatic rings. The first kappa shape index (κ1) is 14.1. The van der Waals surface area contributed by atoms with E-state index < -0.39 is 34.6 Å². The maximum Gasteiger partial charge on any atom is 0.418 e. The summed E-state index contributed by atoms with van der Waals surface area (Å²) in [5, 5.41) is 7.92. The van der Waals surface area contributed by atoms with E-state index in [1.165, 1.54) is 0 Å². The summed E-state index contributed by atoms with van der Waals surface area (Å²) >= 11 is 5.21. The fourth-order valence-electron chi connectivity index (χ4n) is 1.12. The summed E-state index contributed by atoms with van der Waals surface area (Å²) in [7, 11) is 0. The van der Waals surface area contributed by atoms with Crippen molar-refractivity contribution in [1.82, 2.24) is 0 Å². The minimum atomic E-state index is -4.96. The Kier molecular flexibility index (Phi) is 3.63. The Hall–Kier alpha value is -0.950. The van der Waals surface area contributed by atoms with Crippen molar-refractivity contribution in [2.45, 2.75) is 18.5 Å². The molecule has 1 aromatic carbocycles. The Morgan fingerprint density at radius 1 is 1.06 bits per heavy atom. The number of halogens is 7. The number of hydrogen-bond donors (Lipinski definition) is 1. The molecule has 8 heteroatoms. The fourth-order valence-corrected chi connectivity index (χ4v) is 1.42. The highest BCUT2D eigenvalue weighted by Gasteiger charge is 2.40. The lowest BCUT2D eigenvalue weighted by Gasteiger charge is -2.16. The van der Waals surface area contributed by atoms with Gasteiger partial charge < -0.3 is 5.11 Å². The van der Waals surface area contributed by atoms with Crippen molar-refractivity contribution >= 4 is 11.6 Å². The second kappa shape index (κ2) is 4.38. The Morgan fingerprint density at radius 2 is 1.59 bits per heavy atom. The molecular formula is C9H5ClF6O. The van der Waals surface area contributed by atoms with Crippen molar-refractivity contribution in [3.63, 3.8) is 0 Å². The van der Waals surface area contributed by atoms with Gasteiger partial charge in [-0.3, -0.25) is 0 Å². The molecule has 0 bridgehead atoms. The van der Waals surface area contributed by atoms with Crippen molar-refractivity contribution < 1.29 is 31.4 Å². The van der Waals surface area contributed by atoms with Gasteiger partial charge in [0.1, 0.15) is 0 Å². The Labute approximate surface area is 96.6 Å². The average Bonchev–Trinajstić information content (AvgIpc) is 2.12. The Morgan fingerprint density at radius 3 is 1.94 bits per heavy atom. The zero-order valence-corrected chi connectivity index (χ0v) is 8.66. The molecule has 1 rings (SSSR count). The summed E-state index contributed by atoms with van der Waals surface area (Å²) in [4.78, 5) is 0. The normalized spacial score (nSPS) is 14.8. The van der Waals surface area contributed by atoms with E-state index in [1.807, 2.05) is 0 Å². The van der Waals surface area contributed by atoms with Crippen LogP contribution in [0, 0.1) is 0 Å². The lowest BCUT2D eigenvalue weighted by Crippen LogP contribution is -2.20. The van der Waals surface area contributed by atoms with Crippen LogP contribution in [0.3, 0.4) is 0 Å². The first-order valence-corrected chi connectivity index (χ1v) is 4.52. The van der Waals surface area contributed by atoms with Gasteiger partial charge in [0.25, 0.3) is 0 Å². The van der Waals surface area contributed by atoms with Crippen LogP contribution in [0.4, 0.5) is 26.3 Å². The van der Waals surface area contributed by atoms with E-state index in [2.05, 4.69) is 0 Å². The van der Waals surface area contributed by atoms with E-state index in [0.29, 0.717) is 18.2 Å². The molecule has 0 aromatic heterocycles. The smallest absolute Gasteiger partial charge is 0.379 e. The van der Waals surface area contributed by atoms with Gasteiger partial charge in [-0.1, -0.05) is 17.7 Å². The van der Waals surface area contributed by atoms with Gasteiger partial charge in [0.2, 0.25) is 0 Å². The van der Waals surface area contributed by atoms with Crippen LogP contribution in [0.2, 0.25) is 5.02 Å². The maximum atomic E-state index is 12.2. The predicted octanol–water partition coefficient (Wildman–Crippen LogP) is 3.95. The van der Waals surface area contributed by atoms with E-state index >= 15 is 0 Å². The molecule has 1 atom stereocenters. The average molecular weight is 279 g/mol. The highest BCUT2D eigenvalue weighted by molar-refractivity contribution is 6.31. The van der Waals surface area contributed by atoms with Crippen LogP contribution >= 0.6 is 11.6 Å². The van der Waals surface area contributed by atoms with Gasteiger partial charge >= 0.3 is 12.4 Å². The summed E-state index contributed by atoms with van der Waals surface area (Å²) in [6.45, 7) is 0. The van der Waals surface area contributed by atoms with Crippen molar-refractivity contribution in [2.75, 3.05) is 0 Å². The number of rotatable bonds is 1. The molecule has 0 heterocycles. The highest BCUT2D eigenvalue weighted by atomic mass is 35.5. The molecule has 0 saturated carbocycles. The van der Waals surface area contributed by atoms with Crippen LogP contribution in [0.15, 0.2) is 18.2 Å².